The Morgan fingerprint density at radius 1 is 0.500 bits per heavy atom. The maximum Gasteiger partial charge on any atom is 0.142 e. The first-order valence-electron chi connectivity index (χ1n) is 16.3. The van der Waals surface area contributed by atoms with Crippen LogP contribution in [0.25, 0.3) is 55.0 Å². The molecule has 11 rings (SSSR count). The molecule has 222 valence electrons. The topological polar surface area (TPSA) is 42.9 Å². The van der Waals surface area contributed by atoms with E-state index in [2.05, 4.69) is 143 Å². The van der Waals surface area contributed by atoms with Gasteiger partial charge >= 0.3 is 0 Å². The Bertz CT molecular complexity index is 2880. The molecule has 1 spiro atoms. The monoisotopic (exact) mass is 611 g/mol. The second-order valence-corrected chi connectivity index (χ2v) is 12.8. The summed E-state index contributed by atoms with van der Waals surface area (Å²) < 4.78 is 11.9. The smallest absolute Gasteiger partial charge is 0.142 e. The molecule has 7 aromatic carbocycles. The normalized spacial score (nSPS) is 15.7. The predicted octanol–water partition coefficient (Wildman–Crippen LogP) is 10.6. The fourth-order valence-electron chi connectivity index (χ4n) is 8.80. The lowest BCUT2D eigenvalue weighted by Crippen LogP contribution is -2.37. The van der Waals surface area contributed by atoms with Gasteiger partial charge in [0.1, 0.15) is 11.5 Å². The van der Waals surface area contributed by atoms with Crippen LogP contribution >= 0.6 is 0 Å². The van der Waals surface area contributed by atoms with Gasteiger partial charge in [0.25, 0.3) is 0 Å². The molecule has 1 atom stereocenters. The molecule has 0 radical (unpaired) electrons. The van der Waals surface area contributed by atoms with Gasteiger partial charge in [-0.15, -0.1) is 0 Å². The molecule has 2 aromatic heterocycles. The molecule has 0 N–H and O–H groups in total. The van der Waals surface area contributed by atoms with Gasteiger partial charge in [-0.25, -0.2) is 0 Å². The molecule has 2 aliphatic heterocycles. The molecule has 1 unspecified atom stereocenters. The second-order valence-electron chi connectivity index (χ2n) is 12.8. The van der Waals surface area contributed by atoms with Crippen molar-refractivity contribution in [1.29, 1.82) is 5.26 Å². The van der Waals surface area contributed by atoms with E-state index in [1.54, 1.807) is 0 Å². The number of ether oxygens (including phenoxy) is 1. The van der Waals surface area contributed by atoms with Crippen LogP contribution in [0.1, 0.15) is 27.8 Å². The van der Waals surface area contributed by atoms with E-state index in [9.17, 15) is 5.26 Å². The van der Waals surface area contributed by atoms with Crippen molar-refractivity contribution >= 4 is 43.6 Å². The summed E-state index contributed by atoms with van der Waals surface area (Å²) in [6, 6.07) is 56.2. The fourth-order valence-corrected chi connectivity index (χ4v) is 8.80. The van der Waals surface area contributed by atoms with Crippen molar-refractivity contribution in [3.8, 4) is 28.9 Å². The van der Waals surface area contributed by atoms with E-state index in [1.807, 2.05) is 24.3 Å². The molecule has 0 saturated heterocycles. The molecule has 4 nitrogen and oxygen atoms in total. The Morgan fingerprint density at radius 3 is 2.00 bits per heavy atom. The van der Waals surface area contributed by atoms with E-state index >= 15 is 0 Å². The number of fused-ring (bicyclic) bond motifs is 15. The molecular weight excluding hydrogens is 587 g/mol. The summed E-state index contributed by atoms with van der Waals surface area (Å²) in [7, 11) is 0. The Hall–Kier alpha value is -6.57. The number of benzene rings is 7. The van der Waals surface area contributed by atoms with E-state index in [0.29, 0.717) is 5.56 Å². The quantitative estimate of drug-likeness (QED) is 0.185. The van der Waals surface area contributed by atoms with Crippen LogP contribution in [-0.4, -0.2) is 9.13 Å². The Balaban J connectivity index is 1.34. The minimum Gasteiger partial charge on any atom is -0.456 e. The second kappa shape index (κ2) is 9.03. The summed E-state index contributed by atoms with van der Waals surface area (Å²) in [6.07, 6.45) is 0. The molecule has 0 amide bonds. The number of hydrogen-bond donors (Lipinski definition) is 0. The number of hydrogen-bond acceptors (Lipinski definition) is 2. The van der Waals surface area contributed by atoms with Gasteiger partial charge < -0.3 is 13.9 Å². The first-order chi connectivity index (χ1) is 23.8. The van der Waals surface area contributed by atoms with E-state index in [0.717, 1.165) is 50.1 Å². The first kappa shape index (κ1) is 25.6. The molecule has 0 fully saturated rings. The van der Waals surface area contributed by atoms with Crippen LogP contribution in [0.4, 0.5) is 0 Å². The zero-order valence-electron chi connectivity index (χ0n) is 25.7. The van der Waals surface area contributed by atoms with Gasteiger partial charge in [0.15, 0.2) is 0 Å². The van der Waals surface area contributed by atoms with Gasteiger partial charge in [-0.05, 0) is 65.7 Å². The average molecular weight is 612 g/mol. The highest BCUT2D eigenvalue weighted by Gasteiger charge is 2.50. The van der Waals surface area contributed by atoms with Crippen molar-refractivity contribution in [2.45, 2.75) is 5.41 Å². The molecule has 48 heavy (non-hydrogen) atoms. The van der Waals surface area contributed by atoms with Crippen molar-refractivity contribution in [1.82, 2.24) is 9.13 Å². The van der Waals surface area contributed by atoms with Gasteiger partial charge in [0.05, 0.1) is 50.2 Å². The fraction of sp³-hybridized carbons (Fsp3) is 0.0227. The Labute approximate surface area is 275 Å². The Kier molecular flexibility index (Phi) is 4.82. The highest BCUT2D eigenvalue weighted by atomic mass is 16.5. The first-order valence-corrected chi connectivity index (χ1v) is 16.3. The third kappa shape index (κ3) is 2.95. The third-order valence-electron chi connectivity index (χ3n) is 10.6. The number of nitrogens with zero attached hydrogens (tertiary/aromatic N) is 3. The summed E-state index contributed by atoms with van der Waals surface area (Å²) in [5, 5.41) is 14.2. The average Bonchev–Trinajstić information content (AvgIpc) is 3.67. The van der Waals surface area contributed by atoms with E-state index in [4.69, 9.17) is 4.74 Å². The maximum absolute atomic E-state index is 9.49. The van der Waals surface area contributed by atoms with Crippen LogP contribution in [-0.2, 0) is 5.41 Å². The van der Waals surface area contributed by atoms with Crippen molar-refractivity contribution in [3.63, 3.8) is 0 Å². The van der Waals surface area contributed by atoms with Crippen LogP contribution < -0.4 is 4.74 Å². The maximum atomic E-state index is 9.49. The number of rotatable bonds is 1. The summed E-state index contributed by atoms with van der Waals surface area (Å²) >= 11 is 0. The van der Waals surface area contributed by atoms with Crippen LogP contribution in [0.2, 0.25) is 0 Å². The number of aromatic nitrogens is 2. The lowest BCUT2D eigenvalue weighted by molar-refractivity contribution is 0.439. The van der Waals surface area contributed by atoms with Gasteiger partial charge in [-0.1, -0.05) is 97.1 Å². The lowest BCUT2D eigenvalue weighted by atomic mass is 9.61. The van der Waals surface area contributed by atoms with Crippen LogP contribution in [0.15, 0.2) is 152 Å². The minimum absolute atomic E-state index is 0.628. The van der Waals surface area contributed by atoms with Crippen molar-refractivity contribution in [2.75, 3.05) is 0 Å². The SMILES string of the molecule is N#Cc1ccc(-n2c3ccccc3c3c4c(ccc32)C2(c3ccccc3O4)c3ccccc3-n3c4ccccc4c4cccc2c43)cc1. The molecular formula is C44H25N3O. The van der Waals surface area contributed by atoms with Gasteiger partial charge in [0, 0.05) is 33.0 Å². The van der Waals surface area contributed by atoms with Crippen molar-refractivity contribution < 1.29 is 4.74 Å². The number of para-hydroxylation sites is 5. The number of nitriles is 1. The van der Waals surface area contributed by atoms with Crippen LogP contribution in [0, 0.1) is 11.3 Å². The third-order valence-corrected chi connectivity index (χ3v) is 10.6. The predicted molar refractivity (Wildman–Crippen MR) is 192 cm³/mol. The highest BCUT2D eigenvalue weighted by Crippen LogP contribution is 2.61. The van der Waals surface area contributed by atoms with E-state index in [1.165, 1.54) is 38.6 Å². The van der Waals surface area contributed by atoms with Gasteiger partial charge in [-0.3, -0.25) is 0 Å². The van der Waals surface area contributed by atoms with E-state index < -0.39 is 5.41 Å². The molecule has 9 aromatic rings. The van der Waals surface area contributed by atoms with Crippen LogP contribution in [0.3, 0.4) is 0 Å². The molecule has 0 aliphatic carbocycles. The summed E-state index contributed by atoms with van der Waals surface area (Å²) in [5.74, 6) is 1.75. The molecule has 0 bridgehead atoms. The molecule has 2 aliphatic rings. The van der Waals surface area contributed by atoms with Crippen molar-refractivity contribution in [2.24, 2.45) is 0 Å². The summed E-state index contributed by atoms with van der Waals surface area (Å²) in [4.78, 5) is 0. The van der Waals surface area contributed by atoms with Gasteiger partial charge in [-0.2, -0.15) is 5.26 Å². The Morgan fingerprint density at radius 2 is 1.17 bits per heavy atom. The lowest BCUT2D eigenvalue weighted by Gasteiger charge is -2.45. The largest absolute Gasteiger partial charge is 0.456 e. The van der Waals surface area contributed by atoms with E-state index in [-0.39, 0.29) is 0 Å². The molecule has 4 heteroatoms. The minimum atomic E-state index is -0.628. The molecule has 0 saturated carbocycles. The highest BCUT2D eigenvalue weighted by molar-refractivity contribution is 6.15. The molecule has 4 heterocycles. The summed E-state index contributed by atoms with van der Waals surface area (Å²) in [5.41, 5.74) is 11.6. The zero-order chi connectivity index (χ0) is 31.6. The zero-order valence-corrected chi connectivity index (χ0v) is 25.7. The van der Waals surface area contributed by atoms with Crippen LogP contribution in [0.5, 0.6) is 11.5 Å². The standard InChI is InChI=1S/C44H25N3O/c45-26-27-20-22-28(23-21-27)46-37-17-6-2-11-31(37)41-39(46)25-24-35-43(41)48-40-19-8-4-14-33(40)44(35)32-13-3-7-18-38(32)47-36-16-5-1-10-29(36)30-12-9-15-34(44)42(30)47/h1-25H. The van der Waals surface area contributed by atoms with Gasteiger partial charge in [0.2, 0.25) is 0 Å². The van der Waals surface area contributed by atoms with Crippen molar-refractivity contribution in [3.05, 3.63) is 179 Å². The summed E-state index contributed by atoms with van der Waals surface area (Å²) in [6.45, 7) is 0.